The Morgan fingerprint density at radius 1 is 1.24 bits per heavy atom. The monoisotopic (exact) mass is 288 g/mol. The van der Waals surface area contributed by atoms with Crippen molar-refractivity contribution in [3.8, 4) is 5.75 Å². The standard InChI is InChI=1S/C16H24N4O/c1-10(2)21-14-7-13(8-18-9-14)16(17-5)15-11(3)19-20(6)12(15)4/h7-10,16-17H,1-6H3. The number of aryl methyl sites for hydroxylation is 2. The summed E-state index contributed by atoms with van der Waals surface area (Å²) >= 11 is 0. The third-order valence-electron chi connectivity index (χ3n) is 3.58. The Labute approximate surface area is 126 Å². The normalized spacial score (nSPS) is 12.7. The molecule has 0 saturated heterocycles. The molecule has 0 spiro atoms. The zero-order valence-corrected chi connectivity index (χ0v) is 13.6. The highest BCUT2D eigenvalue weighted by Gasteiger charge is 2.21. The molecule has 0 aromatic carbocycles. The zero-order chi connectivity index (χ0) is 15.6. The van der Waals surface area contributed by atoms with Gasteiger partial charge in [-0.2, -0.15) is 5.10 Å². The molecule has 0 aliphatic carbocycles. The zero-order valence-electron chi connectivity index (χ0n) is 13.6. The lowest BCUT2D eigenvalue weighted by Crippen LogP contribution is -2.19. The minimum Gasteiger partial charge on any atom is -0.489 e. The van der Waals surface area contributed by atoms with E-state index < -0.39 is 0 Å². The molecule has 0 aliphatic heterocycles. The van der Waals surface area contributed by atoms with Gasteiger partial charge in [0.15, 0.2) is 0 Å². The smallest absolute Gasteiger partial charge is 0.138 e. The maximum Gasteiger partial charge on any atom is 0.138 e. The Bertz CT molecular complexity index is 619. The predicted octanol–water partition coefficient (Wildman–Crippen LogP) is 2.53. The number of nitrogens with one attached hydrogen (secondary N) is 1. The second-order valence-electron chi connectivity index (χ2n) is 5.55. The van der Waals surface area contributed by atoms with Gasteiger partial charge in [-0.3, -0.25) is 9.67 Å². The van der Waals surface area contributed by atoms with Crippen LogP contribution in [0.25, 0.3) is 0 Å². The van der Waals surface area contributed by atoms with Crippen LogP contribution in [0.15, 0.2) is 18.5 Å². The summed E-state index contributed by atoms with van der Waals surface area (Å²) in [4.78, 5) is 4.31. The van der Waals surface area contributed by atoms with E-state index in [-0.39, 0.29) is 12.1 Å². The van der Waals surface area contributed by atoms with Crippen LogP contribution in [-0.2, 0) is 7.05 Å². The highest BCUT2D eigenvalue weighted by molar-refractivity contribution is 5.38. The van der Waals surface area contributed by atoms with E-state index in [1.807, 2.05) is 51.8 Å². The molecule has 2 aromatic rings. The van der Waals surface area contributed by atoms with Gasteiger partial charge in [0.1, 0.15) is 5.75 Å². The van der Waals surface area contributed by atoms with E-state index in [4.69, 9.17) is 4.74 Å². The summed E-state index contributed by atoms with van der Waals surface area (Å²) in [6.07, 6.45) is 3.76. The highest BCUT2D eigenvalue weighted by atomic mass is 16.5. The fourth-order valence-corrected chi connectivity index (χ4v) is 2.62. The van der Waals surface area contributed by atoms with Crippen molar-refractivity contribution < 1.29 is 4.74 Å². The van der Waals surface area contributed by atoms with Crippen LogP contribution in [-0.4, -0.2) is 27.9 Å². The van der Waals surface area contributed by atoms with Gasteiger partial charge < -0.3 is 10.1 Å². The number of rotatable bonds is 5. The van der Waals surface area contributed by atoms with Crippen LogP contribution in [0.1, 0.15) is 42.4 Å². The van der Waals surface area contributed by atoms with Crippen LogP contribution >= 0.6 is 0 Å². The molecule has 0 bridgehead atoms. The lowest BCUT2D eigenvalue weighted by atomic mass is 9.98. The van der Waals surface area contributed by atoms with Gasteiger partial charge in [0.25, 0.3) is 0 Å². The Kier molecular flexibility index (Phi) is 4.63. The molecule has 2 heterocycles. The molecule has 0 saturated carbocycles. The number of aromatic nitrogens is 3. The molecule has 0 amide bonds. The van der Waals surface area contributed by atoms with Crippen LogP contribution in [0.5, 0.6) is 5.75 Å². The maximum absolute atomic E-state index is 5.74. The van der Waals surface area contributed by atoms with E-state index >= 15 is 0 Å². The van der Waals surface area contributed by atoms with Crippen molar-refractivity contribution in [2.24, 2.45) is 7.05 Å². The first-order chi connectivity index (χ1) is 9.93. The van der Waals surface area contributed by atoms with Crippen molar-refractivity contribution >= 4 is 0 Å². The molecule has 1 atom stereocenters. The molecule has 0 radical (unpaired) electrons. The van der Waals surface area contributed by atoms with Gasteiger partial charge in [-0.25, -0.2) is 0 Å². The minimum atomic E-state index is 0.0573. The van der Waals surface area contributed by atoms with Crippen LogP contribution in [0.4, 0.5) is 0 Å². The van der Waals surface area contributed by atoms with Gasteiger partial charge in [0.05, 0.1) is 24.0 Å². The molecular weight excluding hydrogens is 264 g/mol. The topological polar surface area (TPSA) is 52.0 Å². The average Bonchev–Trinajstić information content (AvgIpc) is 2.66. The van der Waals surface area contributed by atoms with Gasteiger partial charge in [-0.15, -0.1) is 0 Å². The van der Waals surface area contributed by atoms with Crippen molar-refractivity contribution in [2.45, 2.75) is 39.8 Å². The van der Waals surface area contributed by atoms with E-state index in [1.54, 1.807) is 6.20 Å². The molecule has 0 aliphatic rings. The lowest BCUT2D eigenvalue weighted by Gasteiger charge is -2.18. The van der Waals surface area contributed by atoms with E-state index in [2.05, 4.69) is 22.3 Å². The first-order valence-electron chi connectivity index (χ1n) is 7.23. The van der Waals surface area contributed by atoms with Crippen LogP contribution in [0.2, 0.25) is 0 Å². The maximum atomic E-state index is 5.74. The van der Waals surface area contributed by atoms with Gasteiger partial charge in [0.2, 0.25) is 0 Å². The number of hydrogen-bond donors (Lipinski definition) is 1. The molecule has 21 heavy (non-hydrogen) atoms. The SMILES string of the molecule is CNC(c1cncc(OC(C)C)c1)c1c(C)nn(C)c1C. The van der Waals surface area contributed by atoms with E-state index in [9.17, 15) is 0 Å². The van der Waals surface area contributed by atoms with Gasteiger partial charge in [-0.1, -0.05) is 0 Å². The molecular formula is C16H24N4O. The summed E-state index contributed by atoms with van der Waals surface area (Å²) in [7, 11) is 3.92. The van der Waals surface area contributed by atoms with Crippen LogP contribution in [0, 0.1) is 13.8 Å². The summed E-state index contributed by atoms with van der Waals surface area (Å²) in [6.45, 7) is 8.14. The largest absolute Gasteiger partial charge is 0.489 e. The van der Waals surface area contributed by atoms with Crippen LogP contribution in [0.3, 0.4) is 0 Å². The first-order valence-corrected chi connectivity index (χ1v) is 7.23. The number of ether oxygens (including phenoxy) is 1. The Morgan fingerprint density at radius 3 is 2.48 bits per heavy atom. The van der Waals surface area contributed by atoms with Gasteiger partial charge in [-0.05, 0) is 46.4 Å². The van der Waals surface area contributed by atoms with Crippen molar-refractivity contribution in [2.75, 3.05) is 7.05 Å². The quantitative estimate of drug-likeness (QED) is 0.918. The third kappa shape index (κ3) is 3.24. The molecule has 1 N–H and O–H groups in total. The first kappa shape index (κ1) is 15.5. The van der Waals surface area contributed by atoms with Crippen molar-refractivity contribution in [1.82, 2.24) is 20.1 Å². The molecule has 5 nitrogen and oxygen atoms in total. The Morgan fingerprint density at radius 2 is 1.95 bits per heavy atom. The van der Waals surface area contributed by atoms with Gasteiger partial charge >= 0.3 is 0 Å². The molecule has 0 fully saturated rings. The number of hydrogen-bond acceptors (Lipinski definition) is 4. The van der Waals surface area contributed by atoms with Crippen molar-refractivity contribution in [1.29, 1.82) is 0 Å². The molecule has 1 unspecified atom stereocenters. The fourth-order valence-electron chi connectivity index (χ4n) is 2.62. The average molecular weight is 288 g/mol. The minimum absolute atomic E-state index is 0.0573. The molecule has 2 aromatic heterocycles. The summed E-state index contributed by atoms with van der Waals surface area (Å²) in [5.41, 5.74) is 4.46. The molecule has 2 rings (SSSR count). The second kappa shape index (κ2) is 6.26. The summed E-state index contributed by atoms with van der Waals surface area (Å²) < 4.78 is 7.65. The van der Waals surface area contributed by atoms with Gasteiger partial charge in [0, 0.05) is 24.5 Å². The highest BCUT2D eigenvalue weighted by Crippen LogP contribution is 2.28. The molecule has 5 heteroatoms. The number of pyridine rings is 1. The number of nitrogens with zero attached hydrogens (tertiary/aromatic N) is 3. The summed E-state index contributed by atoms with van der Waals surface area (Å²) in [5.74, 6) is 0.793. The van der Waals surface area contributed by atoms with Crippen molar-refractivity contribution in [3.63, 3.8) is 0 Å². The van der Waals surface area contributed by atoms with E-state index in [1.165, 1.54) is 5.56 Å². The van der Waals surface area contributed by atoms with Crippen LogP contribution < -0.4 is 10.1 Å². The predicted molar refractivity (Wildman–Crippen MR) is 83.6 cm³/mol. The second-order valence-corrected chi connectivity index (χ2v) is 5.55. The summed E-state index contributed by atoms with van der Waals surface area (Å²) in [5, 5.41) is 7.86. The van der Waals surface area contributed by atoms with E-state index in [0.717, 1.165) is 22.7 Å². The molecule has 114 valence electrons. The lowest BCUT2D eigenvalue weighted by molar-refractivity contribution is 0.241. The Hall–Kier alpha value is -1.88. The van der Waals surface area contributed by atoms with Crippen molar-refractivity contribution in [3.05, 3.63) is 41.0 Å². The fraction of sp³-hybridized carbons (Fsp3) is 0.500. The summed E-state index contributed by atoms with van der Waals surface area (Å²) in [6, 6.07) is 2.10. The Balaban J connectivity index is 2.42. The third-order valence-corrected chi connectivity index (χ3v) is 3.58. The van der Waals surface area contributed by atoms with E-state index in [0.29, 0.717) is 0 Å².